The second kappa shape index (κ2) is 5.81. The highest BCUT2D eigenvalue weighted by Crippen LogP contribution is 2.28. The number of aryl methyl sites for hydroxylation is 1. The van der Waals surface area contributed by atoms with E-state index in [1.54, 1.807) is 6.07 Å². The summed E-state index contributed by atoms with van der Waals surface area (Å²) >= 11 is 12.4. The summed E-state index contributed by atoms with van der Waals surface area (Å²) in [5, 5.41) is 3.22. The molecular formula is C12H13ClN4S2. The van der Waals surface area contributed by atoms with Crippen LogP contribution in [0.15, 0.2) is 18.2 Å². The minimum atomic E-state index is 0.0681. The Morgan fingerprint density at radius 2 is 2.21 bits per heavy atom. The van der Waals surface area contributed by atoms with Gasteiger partial charge in [-0.15, -0.1) is 11.3 Å². The number of nitrogens with two attached hydrogens (primary N) is 1. The first-order valence-corrected chi connectivity index (χ1v) is 7.23. The van der Waals surface area contributed by atoms with Gasteiger partial charge in [-0.2, -0.15) is 0 Å². The first kappa shape index (κ1) is 14.2. The number of nitrogens with zero attached hydrogens (tertiary/aromatic N) is 2. The van der Waals surface area contributed by atoms with Gasteiger partial charge in [-0.25, -0.2) is 9.97 Å². The number of halogens is 1. The molecule has 0 fully saturated rings. The van der Waals surface area contributed by atoms with Crippen LogP contribution >= 0.6 is 35.2 Å². The van der Waals surface area contributed by atoms with Crippen LogP contribution in [0.2, 0.25) is 4.34 Å². The number of hydrogen-bond acceptors (Lipinski definition) is 5. The summed E-state index contributed by atoms with van der Waals surface area (Å²) in [5.41, 5.74) is 6.98. The molecule has 0 amide bonds. The summed E-state index contributed by atoms with van der Waals surface area (Å²) in [4.78, 5) is 9.99. The third-order valence-corrected chi connectivity index (χ3v) is 4.10. The summed E-state index contributed by atoms with van der Waals surface area (Å²) in [5.74, 6) is 0.514. The van der Waals surface area contributed by atoms with Gasteiger partial charge in [-0.05, 0) is 32.0 Å². The summed E-state index contributed by atoms with van der Waals surface area (Å²) in [6, 6.07) is 5.69. The summed E-state index contributed by atoms with van der Waals surface area (Å²) in [6.45, 7) is 3.90. The van der Waals surface area contributed by atoms with E-state index < -0.39 is 0 Å². The van der Waals surface area contributed by atoms with Gasteiger partial charge in [0.25, 0.3) is 0 Å². The molecular weight excluding hydrogens is 300 g/mol. The van der Waals surface area contributed by atoms with E-state index in [2.05, 4.69) is 15.3 Å². The predicted octanol–water partition coefficient (Wildman–Crippen LogP) is 3.31. The topological polar surface area (TPSA) is 63.8 Å². The molecule has 0 aliphatic carbocycles. The highest BCUT2D eigenvalue weighted by Gasteiger charge is 2.11. The van der Waals surface area contributed by atoms with Crippen molar-refractivity contribution < 1.29 is 0 Å². The second-order valence-corrected chi connectivity index (χ2v) is 6.28. The molecule has 1 atom stereocenters. The van der Waals surface area contributed by atoms with Crippen molar-refractivity contribution in [2.24, 2.45) is 5.73 Å². The normalized spacial score (nSPS) is 12.2. The third-order valence-electron chi connectivity index (χ3n) is 2.47. The Balaban J connectivity index is 2.21. The van der Waals surface area contributed by atoms with Crippen LogP contribution in [0.1, 0.15) is 29.2 Å². The Bertz CT molecular complexity index is 612. The SMILES string of the molecule is Cc1cc(C(N)=S)nc(NC(C)c2ccc(Cl)s2)n1. The van der Waals surface area contributed by atoms with Crippen molar-refractivity contribution in [2.75, 3.05) is 5.32 Å². The van der Waals surface area contributed by atoms with Gasteiger partial charge in [0.2, 0.25) is 5.95 Å². The van der Waals surface area contributed by atoms with Gasteiger partial charge in [-0.1, -0.05) is 23.8 Å². The molecule has 0 saturated carbocycles. The first-order valence-electron chi connectivity index (χ1n) is 5.63. The van der Waals surface area contributed by atoms with Gasteiger partial charge < -0.3 is 11.1 Å². The third kappa shape index (κ3) is 3.62. The number of hydrogen-bond donors (Lipinski definition) is 2. The molecule has 3 N–H and O–H groups in total. The lowest BCUT2D eigenvalue weighted by molar-refractivity contribution is 0.874. The monoisotopic (exact) mass is 312 g/mol. The van der Waals surface area contributed by atoms with E-state index in [1.807, 2.05) is 26.0 Å². The number of thiocarbonyl (C=S) groups is 1. The van der Waals surface area contributed by atoms with Crippen molar-refractivity contribution in [1.82, 2.24) is 9.97 Å². The molecule has 19 heavy (non-hydrogen) atoms. The zero-order chi connectivity index (χ0) is 14.0. The molecule has 2 heterocycles. The standard InChI is InChI=1S/C12H13ClN4S2/c1-6-5-8(11(14)18)17-12(15-6)16-7(2)9-3-4-10(13)19-9/h3-5,7H,1-2H3,(H2,14,18)(H,15,16,17). The molecule has 0 aliphatic heterocycles. The smallest absolute Gasteiger partial charge is 0.224 e. The molecule has 2 aromatic rings. The van der Waals surface area contributed by atoms with Crippen LogP contribution in [-0.4, -0.2) is 15.0 Å². The van der Waals surface area contributed by atoms with Crippen LogP contribution in [0.4, 0.5) is 5.95 Å². The minimum absolute atomic E-state index is 0.0681. The van der Waals surface area contributed by atoms with E-state index in [9.17, 15) is 0 Å². The molecule has 2 rings (SSSR count). The molecule has 0 radical (unpaired) electrons. The van der Waals surface area contributed by atoms with Crippen molar-refractivity contribution >= 4 is 46.1 Å². The van der Waals surface area contributed by atoms with Gasteiger partial charge in [-0.3, -0.25) is 0 Å². The fraction of sp³-hybridized carbons (Fsp3) is 0.250. The fourth-order valence-corrected chi connectivity index (χ4v) is 2.75. The highest BCUT2D eigenvalue weighted by atomic mass is 35.5. The van der Waals surface area contributed by atoms with Crippen LogP contribution in [0.5, 0.6) is 0 Å². The molecule has 0 aliphatic rings. The van der Waals surface area contributed by atoms with E-state index in [0.29, 0.717) is 11.6 Å². The van der Waals surface area contributed by atoms with E-state index in [0.717, 1.165) is 14.9 Å². The maximum atomic E-state index is 5.93. The van der Waals surface area contributed by atoms with Crippen molar-refractivity contribution in [3.8, 4) is 0 Å². The fourth-order valence-electron chi connectivity index (χ4n) is 1.59. The number of nitrogens with one attached hydrogen (secondary N) is 1. The lowest BCUT2D eigenvalue weighted by Gasteiger charge is -2.13. The Morgan fingerprint density at radius 1 is 1.47 bits per heavy atom. The Labute approximate surface area is 126 Å². The molecule has 0 bridgehead atoms. The van der Waals surface area contributed by atoms with Crippen molar-refractivity contribution in [2.45, 2.75) is 19.9 Å². The van der Waals surface area contributed by atoms with Gasteiger partial charge in [0.1, 0.15) is 10.7 Å². The summed E-state index contributed by atoms with van der Waals surface area (Å²) in [7, 11) is 0. The quantitative estimate of drug-likeness (QED) is 0.848. The van der Waals surface area contributed by atoms with Crippen molar-refractivity contribution in [3.63, 3.8) is 0 Å². The van der Waals surface area contributed by atoms with Gasteiger partial charge in [0.05, 0.1) is 10.4 Å². The second-order valence-electron chi connectivity index (χ2n) is 4.09. The van der Waals surface area contributed by atoms with Crippen LogP contribution in [0.25, 0.3) is 0 Å². The molecule has 0 aromatic carbocycles. The average Bonchev–Trinajstić information content (AvgIpc) is 2.75. The summed E-state index contributed by atoms with van der Waals surface area (Å²) < 4.78 is 0.762. The molecule has 0 spiro atoms. The largest absolute Gasteiger partial charge is 0.388 e. The van der Waals surface area contributed by atoms with E-state index in [1.165, 1.54) is 11.3 Å². The first-order chi connectivity index (χ1) is 8.95. The maximum absolute atomic E-state index is 5.93. The maximum Gasteiger partial charge on any atom is 0.224 e. The molecule has 7 heteroatoms. The lowest BCUT2D eigenvalue weighted by atomic mass is 10.3. The number of aromatic nitrogens is 2. The van der Waals surface area contributed by atoms with Crippen molar-refractivity contribution in [3.05, 3.63) is 38.8 Å². The number of rotatable bonds is 4. The number of anilines is 1. The lowest BCUT2D eigenvalue weighted by Crippen LogP contribution is -2.15. The average molecular weight is 313 g/mol. The van der Waals surface area contributed by atoms with Gasteiger partial charge in [0, 0.05) is 10.6 Å². The number of thiophene rings is 1. The van der Waals surface area contributed by atoms with Crippen molar-refractivity contribution in [1.29, 1.82) is 0 Å². The summed E-state index contributed by atoms with van der Waals surface area (Å²) in [6.07, 6.45) is 0. The highest BCUT2D eigenvalue weighted by molar-refractivity contribution is 7.80. The predicted molar refractivity (Wildman–Crippen MR) is 84.0 cm³/mol. The van der Waals surface area contributed by atoms with Gasteiger partial charge >= 0.3 is 0 Å². The Morgan fingerprint density at radius 3 is 2.79 bits per heavy atom. The van der Waals surface area contributed by atoms with Crippen LogP contribution in [-0.2, 0) is 0 Å². The zero-order valence-electron chi connectivity index (χ0n) is 10.5. The van der Waals surface area contributed by atoms with Crippen LogP contribution in [0, 0.1) is 6.92 Å². The molecule has 0 saturated heterocycles. The molecule has 100 valence electrons. The van der Waals surface area contributed by atoms with E-state index in [4.69, 9.17) is 29.6 Å². The van der Waals surface area contributed by atoms with E-state index >= 15 is 0 Å². The Kier molecular flexibility index (Phi) is 4.34. The Hall–Kier alpha value is -1.24. The molecule has 1 unspecified atom stereocenters. The van der Waals surface area contributed by atoms with Crippen LogP contribution < -0.4 is 11.1 Å². The molecule has 2 aromatic heterocycles. The van der Waals surface area contributed by atoms with Gasteiger partial charge in [0.15, 0.2) is 0 Å². The van der Waals surface area contributed by atoms with E-state index in [-0.39, 0.29) is 11.0 Å². The minimum Gasteiger partial charge on any atom is -0.388 e. The molecule has 4 nitrogen and oxygen atoms in total. The zero-order valence-corrected chi connectivity index (χ0v) is 12.9. The van der Waals surface area contributed by atoms with Crippen LogP contribution in [0.3, 0.4) is 0 Å².